The molecule has 2 aromatic rings. The summed E-state index contributed by atoms with van der Waals surface area (Å²) in [5.41, 5.74) is 0.596. The van der Waals surface area contributed by atoms with Crippen LogP contribution in [0, 0.1) is 0 Å². The number of sulfonamides is 1. The summed E-state index contributed by atoms with van der Waals surface area (Å²) in [7, 11) is -3.53. The van der Waals surface area contributed by atoms with E-state index in [0.29, 0.717) is 12.2 Å². The highest BCUT2D eigenvalue weighted by Gasteiger charge is 2.17. The van der Waals surface area contributed by atoms with Crippen molar-refractivity contribution in [2.24, 2.45) is 0 Å². The van der Waals surface area contributed by atoms with Gasteiger partial charge in [0.25, 0.3) is 0 Å². The lowest BCUT2D eigenvalue weighted by Crippen LogP contribution is -2.22. The molecule has 0 radical (unpaired) electrons. The van der Waals surface area contributed by atoms with E-state index in [1.807, 2.05) is 24.4 Å². The van der Waals surface area contributed by atoms with Gasteiger partial charge >= 0.3 is 0 Å². The van der Waals surface area contributed by atoms with Crippen molar-refractivity contribution in [3.05, 3.63) is 40.3 Å². The fourth-order valence-corrected chi connectivity index (χ4v) is 3.57. The van der Waals surface area contributed by atoms with Crippen molar-refractivity contribution in [2.45, 2.75) is 31.5 Å². The van der Waals surface area contributed by atoms with E-state index in [2.05, 4.69) is 4.72 Å². The number of hydrogen-bond donors (Lipinski definition) is 2. The molecule has 0 saturated heterocycles. The Morgan fingerprint density at radius 1 is 1.47 bits per heavy atom. The Morgan fingerprint density at radius 3 is 2.79 bits per heavy atom. The molecule has 0 bridgehead atoms. The van der Waals surface area contributed by atoms with Gasteiger partial charge in [0.1, 0.15) is 0 Å². The highest BCUT2D eigenvalue weighted by atomic mass is 32.2. The molecule has 0 unspecified atom stereocenters. The van der Waals surface area contributed by atoms with Crippen molar-refractivity contribution in [3.8, 4) is 0 Å². The van der Waals surface area contributed by atoms with Gasteiger partial charge in [-0.25, -0.2) is 13.1 Å². The summed E-state index contributed by atoms with van der Waals surface area (Å²) in [4.78, 5) is 1.15. The van der Waals surface area contributed by atoms with Crippen LogP contribution in [0.4, 0.5) is 0 Å². The van der Waals surface area contributed by atoms with Crippen molar-refractivity contribution in [1.82, 2.24) is 9.29 Å². The summed E-state index contributed by atoms with van der Waals surface area (Å²) in [6.45, 7) is 2.63. The van der Waals surface area contributed by atoms with Crippen molar-refractivity contribution in [2.75, 3.05) is 0 Å². The summed E-state index contributed by atoms with van der Waals surface area (Å²) >= 11 is 1.50. The van der Waals surface area contributed by atoms with Crippen LogP contribution in [0.2, 0.25) is 0 Å². The summed E-state index contributed by atoms with van der Waals surface area (Å²) < 4.78 is 28.5. The number of hydrogen-bond acceptors (Lipinski definition) is 4. The lowest BCUT2D eigenvalue weighted by atomic mass is 10.4. The molecule has 0 aromatic carbocycles. The second kappa shape index (κ2) is 5.87. The first-order valence-electron chi connectivity index (χ1n) is 5.88. The van der Waals surface area contributed by atoms with Crippen molar-refractivity contribution in [3.63, 3.8) is 0 Å². The summed E-state index contributed by atoms with van der Waals surface area (Å²) in [6.07, 6.45) is 1.54. The number of rotatable bonds is 6. The molecule has 19 heavy (non-hydrogen) atoms. The van der Waals surface area contributed by atoms with Crippen LogP contribution in [-0.2, 0) is 29.7 Å². The molecule has 2 N–H and O–H groups in total. The molecule has 104 valence electrons. The third kappa shape index (κ3) is 3.24. The molecule has 0 fully saturated rings. The van der Waals surface area contributed by atoms with Crippen LogP contribution >= 0.6 is 11.3 Å². The van der Waals surface area contributed by atoms with Crippen molar-refractivity contribution >= 4 is 21.4 Å². The van der Waals surface area contributed by atoms with Gasteiger partial charge in [-0.05, 0) is 24.4 Å². The average Bonchev–Trinajstić information content (AvgIpc) is 3.05. The minimum Gasteiger partial charge on any atom is -0.390 e. The zero-order valence-electron chi connectivity index (χ0n) is 10.5. The average molecular weight is 300 g/mol. The molecule has 0 aliphatic heterocycles. The van der Waals surface area contributed by atoms with Gasteiger partial charge in [0.15, 0.2) is 0 Å². The van der Waals surface area contributed by atoms with E-state index in [4.69, 9.17) is 0 Å². The highest BCUT2D eigenvalue weighted by Crippen LogP contribution is 2.16. The van der Waals surface area contributed by atoms with Gasteiger partial charge in [-0.3, -0.25) is 0 Å². The number of aliphatic hydroxyl groups excluding tert-OH is 1. The fraction of sp³-hybridized carbons (Fsp3) is 0.333. The number of nitrogens with zero attached hydrogens (tertiary/aromatic N) is 1. The Bertz CT molecular complexity index is 608. The van der Waals surface area contributed by atoms with E-state index in [1.54, 1.807) is 10.8 Å². The predicted molar refractivity (Wildman–Crippen MR) is 74.4 cm³/mol. The van der Waals surface area contributed by atoms with Gasteiger partial charge in [0.05, 0.1) is 11.5 Å². The number of aromatic nitrogens is 1. The molecular formula is C12H16N2O3S2. The molecule has 7 heteroatoms. The Labute approximate surface area is 116 Å². The summed E-state index contributed by atoms with van der Waals surface area (Å²) in [5.74, 6) is 0. The maximum atomic E-state index is 12.1. The molecule has 0 saturated carbocycles. The standard InChI is InChI=1S/C12H16N2O3S2/c1-2-14-8-12(6-10(14)9-15)19(16,17)13-7-11-4-3-5-18-11/h3-6,8,13,15H,2,7,9H2,1H3. The smallest absolute Gasteiger partial charge is 0.242 e. The Balaban J connectivity index is 2.17. The molecule has 2 aromatic heterocycles. The molecule has 0 atom stereocenters. The molecule has 0 aliphatic carbocycles. The molecule has 5 nitrogen and oxygen atoms in total. The van der Waals surface area contributed by atoms with Gasteiger partial charge in [-0.1, -0.05) is 6.07 Å². The maximum absolute atomic E-state index is 12.1. The fourth-order valence-electron chi connectivity index (χ4n) is 1.76. The Morgan fingerprint density at radius 2 is 2.26 bits per heavy atom. The Kier molecular flexibility index (Phi) is 4.41. The number of aryl methyl sites for hydroxylation is 1. The monoisotopic (exact) mass is 300 g/mol. The number of nitrogens with one attached hydrogen (secondary N) is 1. The van der Waals surface area contributed by atoms with Crippen molar-refractivity contribution < 1.29 is 13.5 Å². The van der Waals surface area contributed by atoms with Crippen LogP contribution in [0.5, 0.6) is 0 Å². The largest absolute Gasteiger partial charge is 0.390 e. The highest BCUT2D eigenvalue weighted by molar-refractivity contribution is 7.89. The second-order valence-electron chi connectivity index (χ2n) is 4.02. The first kappa shape index (κ1) is 14.3. The summed E-state index contributed by atoms with van der Waals surface area (Å²) in [6, 6.07) is 5.26. The molecule has 2 rings (SSSR count). The zero-order chi connectivity index (χ0) is 13.9. The first-order valence-corrected chi connectivity index (χ1v) is 8.25. The third-order valence-electron chi connectivity index (χ3n) is 2.79. The van der Waals surface area contributed by atoms with E-state index >= 15 is 0 Å². The predicted octanol–water partition coefficient (Wildman–Crippen LogP) is 1.54. The topological polar surface area (TPSA) is 71.3 Å². The van der Waals surface area contributed by atoms with E-state index in [0.717, 1.165) is 4.88 Å². The molecule has 0 aliphatic rings. The molecule has 0 amide bonds. The minimum atomic E-state index is -3.53. The van der Waals surface area contributed by atoms with Gasteiger partial charge in [0, 0.05) is 29.9 Å². The van der Waals surface area contributed by atoms with Gasteiger partial charge < -0.3 is 9.67 Å². The van der Waals surface area contributed by atoms with E-state index in [-0.39, 0.29) is 18.0 Å². The first-order chi connectivity index (χ1) is 9.06. The third-order valence-corrected chi connectivity index (χ3v) is 5.03. The SMILES string of the molecule is CCn1cc(S(=O)(=O)NCc2cccs2)cc1CO. The van der Waals surface area contributed by atoms with Gasteiger partial charge in [-0.15, -0.1) is 11.3 Å². The lowest BCUT2D eigenvalue weighted by Gasteiger charge is -2.03. The van der Waals surface area contributed by atoms with Crippen LogP contribution in [0.1, 0.15) is 17.5 Å². The summed E-state index contributed by atoms with van der Waals surface area (Å²) in [5, 5.41) is 11.1. The minimum absolute atomic E-state index is 0.172. The van der Waals surface area contributed by atoms with Crippen molar-refractivity contribution in [1.29, 1.82) is 0 Å². The molecule has 0 spiro atoms. The number of aliphatic hydroxyl groups is 1. The second-order valence-corrected chi connectivity index (χ2v) is 6.81. The van der Waals surface area contributed by atoms with E-state index in [9.17, 15) is 13.5 Å². The maximum Gasteiger partial charge on any atom is 0.242 e. The van der Waals surface area contributed by atoms with Gasteiger partial charge in [-0.2, -0.15) is 0 Å². The number of thiophene rings is 1. The lowest BCUT2D eigenvalue weighted by molar-refractivity contribution is 0.271. The van der Waals surface area contributed by atoms with E-state index < -0.39 is 10.0 Å². The van der Waals surface area contributed by atoms with E-state index in [1.165, 1.54) is 17.4 Å². The quantitative estimate of drug-likeness (QED) is 0.850. The van der Waals surface area contributed by atoms with Gasteiger partial charge in [0.2, 0.25) is 10.0 Å². The van der Waals surface area contributed by atoms with Crippen LogP contribution in [0.15, 0.2) is 34.7 Å². The van der Waals surface area contributed by atoms with Crippen LogP contribution in [0.3, 0.4) is 0 Å². The molecular weight excluding hydrogens is 284 g/mol. The normalized spacial score (nSPS) is 11.9. The Hall–Kier alpha value is -1.15. The van der Waals surface area contributed by atoms with Crippen LogP contribution < -0.4 is 4.72 Å². The van der Waals surface area contributed by atoms with Crippen LogP contribution in [-0.4, -0.2) is 18.1 Å². The zero-order valence-corrected chi connectivity index (χ0v) is 12.2. The molecule has 2 heterocycles. The van der Waals surface area contributed by atoms with Crippen LogP contribution in [0.25, 0.3) is 0 Å².